The number of carbonyl (C=O) groups excluding carboxylic acids is 1. The molecule has 0 fully saturated rings. The van der Waals surface area contributed by atoms with Crippen molar-refractivity contribution >= 4 is 17.3 Å². The van der Waals surface area contributed by atoms with Gasteiger partial charge in [-0.2, -0.15) is 0 Å². The van der Waals surface area contributed by atoms with Crippen molar-refractivity contribution in [1.82, 2.24) is 0 Å². The van der Waals surface area contributed by atoms with Gasteiger partial charge >= 0.3 is 5.97 Å². The van der Waals surface area contributed by atoms with E-state index in [1.807, 2.05) is 19.1 Å². The molecule has 1 heterocycles. The fraction of sp³-hybridized carbons (Fsp3) is 0.312. The molecule has 0 aliphatic rings. The molecule has 1 atom stereocenters. The molecule has 0 amide bonds. The molecule has 0 spiro atoms. The zero-order chi connectivity index (χ0) is 15.2. The first-order chi connectivity index (χ1) is 10.1. The SMILES string of the molecule is CCOC(=O)c1ccc(NC(C)Cc2ccco2)c(N)c1. The Balaban J connectivity index is 2.02. The summed E-state index contributed by atoms with van der Waals surface area (Å²) >= 11 is 0. The number of benzene rings is 1. The quantitative estimate of drug-likeness (QED) is 0.631. The number of hydrogen-bond acceptors (Lipinski definition) is 5. The van der Waals surface area contributed by atoms with Crippen LogP contribution in [-0.2, 0) is 11.2 Å². The van der Waals surface area contributed by atoms with Crippen LogP contribution in [0.15, 0.2) is 41.0 Å². The zero-order valence-corrected chi connectivity index (χ0v) is 12.3. The van der Waals surface area contributed by atoms with Crippen LogP contribution in [0.25, 0.3) is 0 Å². The summed E-state index contributed by atoms with van der Waals surface area (Å²) in [6.45, 7) is 4.16. The number of carbonyl (C=O) groups is 1. The first-order valence-corrected chi connectivity index (χ1v) is 6.95. The summed E-state index contributed by atoms with van der Waals surface area (Å²) in [5, 5.41) is 3.31. The zero-order valence-electron chi connectivity index (χ0n) is 12.3. The molecule has 21 heavy (non-hydrogen) atoms. The summed E-state index contributed by atoms with van der Waals surface area (Å²) in [7, 11) is 0. The lowest BCUT2D eigenvalue weighted by atomic mass is 10.1. The maximum atomic E-state index is 11.6. The van der Waals surface area contributed by atoms with E-state index in [0.717, 1.165) is 17.9 Å². The standard InChI is InChI=1S/C16H20N2O3/c1-3-20-16(19)12-6-7-15(14(17)10-12)18-11(2)9-13-5-4-8-21-13/h4-8,10-11,18H,3,9,17H2,1-2H3. The Morgan fingerprint density at radius 1 is 1.43 bits per heavy atom. The van der Waals surface area contributed by atoms with Gasteiger partial charge in [0.1, 0.15) is 5.76 Å². The first-order valence-electron chi connectivity index (χ1n) is 6.95. The largest absolute Gasteiger partial charge is 0.469 e. The lowest BCUT2D eigenvalue weighted by molar-refractivity contribution is 0.0526. The van der Waals surface area contributed by atoms with Crippen molar-refractivity contribution in [2.45, 2.75) is 26.3 Å². The number of nitrogens with two attached hydrogens (primary N) is 1. The predicted molar refractivity (Wildman–Crippen MR) is 82.3 cm³/mol. The molecule has 1 aromatic heterocycles. The Bertz CT molecular complexity index is 594. The summed E-state index contributed by atoms with van der Waals surface area (Å²) in [6.07, 6.45) is 2.41. The van der Waals surface area contributed by atoms with Crippen LogP contribution >= 0.6 is 0 Å². The summed E-state index contributed by atoms with van der Waals surface area (Å²) in [5.74, 6) is 0.552. The van der Waals surface area contributed by atoms with E-state index in [9.17, 15) is 4.79 Å². The van der Waals surface area contributed by atoms with Crippen molar-refractivity contribution in [2.24, 2.45) is 0 Å². The van der Waals surface area contributed by atoms with E-state index in [1.165, 1.54) is 0 Å². The highest BCUT2D eigenvalue weighted by Gasteiger charge is 2.11. The number of nitrogens with one attached hydrogen (secondary N) is 1. The van der Waals surface area contributed by atoms with Crippen molar-refractivity contribution in [2.75, 3.05) is 17.7 Å². The highest BCUT2D eigenvalue weighted by molar-refractivity contribution is 5.91. The smallest absolute Gasteiger partial charge is 0.338 e. The van der Waals surface area contributed by atoms with Crippen LogP contribution in [-0.4, -0.2) is 18.6 Å². The molecule has 1 aromatic carbocycles. The van der Waals surface area contributed by atoms with Gasteiger partial charge in [0, 0.05) is 12.5 Å². The Labute approximate surface area is 124 Å². The molecule has 0 saturated heterocycles. The Morgan fingerprint density at radius 2 is 2.24 bits per heavy atom. The molecule has 3 N–H and O–H groups in total. The molecule has 2 aromatic rings. The lowest BCUT2D eigenvalue weighted by Gasteiger charge is -2.16. The van der Waals surface area contributed by atoms with Crippen molar-refractivity contribution in [3.05, 3.63) is 47.9 Å². The molecule has 0 bridgehead atoms. The molecular formula is C16H20N2O3. The lowest BCUT2D eigenvalue weighted by Crippen LogP contribution is -2.19. The number of hydrogen-bond donors (Lipinski definition) is 2. The maximum absolute atomic E-state index is 11.6. The van der Waals surface area contributed by atoms with E-state index < -0.39 is 0 Å². The van der Waals surface area contributed by atoms with Crippen molar-refractivity contribution in [3.63, 3.8) is 0 Å². The van der Waals surface area contributed by atoms with Gasteiger partial charge < -0.3 is 20.2 Å². The van der Waals surface area contributed by atoms with Gasteiger partial charge in [0.25, 0.3) is 0 Å². The third-order valence-corrected chi connectivity index (χ3v) is 3.05. The van der Waals surface area contributed by atoms with E-state index in [0.29, 0.717) is 17.9 Å². The van der Waals surface area contributed by atoms with Gasteiger partial charge in [-0.15, -0.1) is 0 Å². The van der Waals surface area contributed by atoms with Crippen LogP contribution in [0.3, 0.4) is 0 Å². The van der Waals surface area contributed by atoms with Gasteiger partial charge in [-0.25, -0.2) is 4.79 Å². The number of rotatable bonds is 6. The summed E-state index contributed by atoms with van der Waals surface area (Å²) in [4.78, 5) is 11.6. The van der Waals surface area contributed by atoms with E-state index in [4.69, 9.17) is 14.9 Å². The van der Waals surface area contributed by atoms with Crippen LogP contribution in [0.5, 0.6) is 0 Å². The molecule has 0 aliphatic carbocycles. The Hall–Kier alpha value is -2.43. The van der Waals surface area contributed by atoms with Crippen LogP contribution in [0.2, 0.25) is 0 Å². The van der Waals surface area contributed by atoms with Crippen molar-refractivity contribution < 1.29 is 13.9 Å². The molecule has 5 nitrogen and oxygen atoms in total. The van der Waals surface area contributed by atoms with E-state index in [-0.39, 0.29) is 12.0 Å². The first kappa shape index (κ1) is 15.0. The second-order valence-electron chi connectivity index (χ2n) is 4.85. The Kier molecular flexibility index (Phi) is 4.87. The highest BCUT2D eigenvalue weighted by atomic mass is 16.5. The maximum Gasteiger partial charge on any atom is 0.338 e. The Morgan fingerprint density at radius 3 is 2.86 bits per heavy atom. The second kappa shape index (κ2) is 6.83. The second-order valence-corrected chi connectivity index (χ2v) is 4.85. The number of anilines is 2. The third-order valence-electron chi connectivity index (χ3n) is 3.05. The predicted octanol–water partition coefficient (Wildman–Crippen LogP) is 3.08. The fourth-order valence-electron chi connectivity index (χ4n) is 2.08. The fourth-order valence-corrected chi connectivity index (χ4v) is 2.08. The average Bonchev–Trinajstić information content (AvgIpc) is 2.94. The molecule has 1 unspecified atom stereocenters. The monoisotopic (exact) mass is 288 g/mol. The molecule has 0 saturated carbocycles. The normalized spacial score (nSPS) is 11.9. The van der Waals surface area contributed by atoms with Crippen LogP contribution in [0, 0.1) is 0 Å². The third kappa shape index (κ3) is 4.02. The minimum atomic E-state index is -0.362. The van der Waals surface area contributed by atoms with Crippen molar-refractivity contribution in [3.8, 4) is 0 Å². The molecular weight excluding hydrogens is 268 g/mol. The van der Waals surface area contributed by atoms with Crippen LogP contribution < -0.4 is 11.1 Å². The van der Waals surface area contributed by atoms with E-state index in [1.54, 1.807) is 31.4 Å². The topological polar surface area (TPSA) is 77.5 Å². The molecule has 5 heteroatoms. The summed E-state index contributed by atoms with van der Waals surface area (Å²) in [5.41, 5.74) is 7.75. The van der Waals surface area contributed by atoms with Gasteiger partial charge in [0.15, 0.2) is 0 Å². The number of ether oxygens (including phenoxy) is 1. The van der Waals surface area contributed by atoms with Gasteiger partial charge in [0.2, 0.25) is 0 Å². The number of nitrogen functional groups attached to an aromatic ring is 1. The molecule has 2 rings (SSSR count). The van der Waals surface area contributed by atoms with Gasteiger partial charge in [-0.05, 0) is 44.2 Å². The van der Waals surface area contributed by atoms with Crippen molar-refractivity contribution in [1.29, 1.82) is 0 Å². The van der Waals surface area contributed by atoms with Crippen LogP contribution in [0.4, 0.5) is 11.4 Å². The van der Waals surface area contributed by atoms with Gasteiger partial charge in [-0.1, -0.05) is 0 Å². The molecule has 0 aliphatic heterocycles. The van der Waals surface area contributed by atoms with Crippen LogP contribution in [0.1, 0.15) is 30.0 Å². The van der Waals surface area contributed by atoms with Gasteiger partial charge in [0.05, 0.1) is 29.8 Å². The van der Waals surface area contributed by atoms with E-state index in [2.05, 4.69) is 5.32 Å². The number of esters is 1. The van der Waals surface area contributed by atoms with Gasteiger partial charge in [-0.3, -0.25) is 0 Å². The average molecular weight is 288 g/mol. The highest BCUT2D eigenvalue weighted by Crippen LogP contribution is 2.22. The van der Waals surface area contributed by atoms with E-state index >= 15 is 0 Å². The molecule has 112 valence electrons. The minimum absolute atomic E-state index is 0.159. The minimum Gasteiger partial charge on any atom is -0.469 e. The summed E-state index contributed by atoms with van der Waals surface area (Å²) in [6, 6.07) is 9.08. The summed E-state index contributed by atoms with van der Waals surface area (Å²) < 4.78 is 10.3. The number of furan rings is 1. The molecule has 0 radical (unpaired) electrons.